The van der Waals surface area contributed by atoms with Gasteiger partial charge in [-0.15, -0.1) is 0 Å². The molecule has 11 nitrogen and oxygen atoms in total. The molecule has 0 aromatic carbocycles. The highest BCUT2D eigenvalue weighted by atomic mass is 32.2. The van der Waals surface area contributed by atoms with E-state index in [1.165, 1.54) is 24.3 Å². The fourth-order valence-electron chi connectivity index (χ4n) is 3.46. The molecule has 13 heteroatoms. The molecule has 27 heavy (non-hydrogen) atoms. The van der Waals surface area contributed by atoms with E-state index in [0.29, 0.717) is 37.0 Å². The largest absolute Gasteiger partial charge is 0.373 e. The Balaban J connectivity index is 1.49. The van der Waals surface area contributed by atoms with Gasteiger partial charge in [0.25, 0.3) is 15.2 Å². The minimum Gasteiger partial charge on any atom is -0.358 e. The topological polar surface area (TPSA) is 108 Å². The van der Waals surface area contributed by atoms with Gasteiger partial charge in [0, 0.05) is 57.7 Å². The molecule has 4 rings (SSSR count). The molecule has 2 aromatic rings. The molecule has 2 aromatic heterocycles. The lowest BCUT2D eigenvalue weighted by Gasteiger charge is -2.38. The molecule has 0 bridgehead atoms. The first-order valence-corrected chi connectivity index (χ1v) is 10.9. The molecule has 2 fully saturated rings. The van der Waals surface area contributed by atoms with E-state index in [1.807, 2.05) is 7.05 Å². The number of fused-ring (bicyclic) bond motifs is 1. The van der Waals surface area contributed by atoms with Crippen molar-refractivity contribution in [2.24, 2.45) is 0 Å². The standard InChI is InChI=1S/C14H21N7O4S2/c1-16-2-6-18(7-3-16)27(24,25)19-8-4-17(5-9-19)12-13(21(22)23)20-10-11-26-14(20)15-12/h10-11H,2-9H2,1H3. The van der Waals surface area contributed by atoms with Gasteiger partial charge < -0.3 is 19.9 Å². The third-order valence-corrected chi connectivity index (χ3v) is 7.84. The number of thiazole rings is 1. The smallest absolute Gasteiger partial charge is 0.358 e. The summed E-state index contributed by atoms with van der Waals surface area (Å²) in [5.41, 5.74) is 0. The molecular weight excluding hydrogens is 394 g/mol. The van der Waals surface area contributed by atoms with Crippen LogP contribution in [0.3, 0.4) is 0 Å². The summed E-state index contributed by atoms with van der Waals surface area (Å²) < 4.78 is 30.2. The zero-order valence-corrected chi connectivity index (χ0v) is 16.5. The minimum absolute atomic E-state index is 0.0679. The molecule has 0 spiro atoms. The van der Waals surface area contributed by atoms with E-state index in [-0.39, 0.29) is 18.9 Å². The van der Waals surface area contributed by atoms with Gasteiger partial charge in [0.1, 0.15) is 6.20 Å². The minimum atomic E-state index is -3.50. The van der Waals surface area contributed by atoms with Gasteiger partial charge in [-0.1, -0.05) is 11.3 Å². The third kappa shape index (κ3) is 3.29. The maximum Gasteiger partial charge on any atom is 0.373 e. The summed E-state index contributed by atoms with van der Waals surface area (Å²) in [5, 5.41) is 13.2. The van der Waals surface area contributed by atoms with Crippen LogP contribution in [-0.4, -0.2) is 95.6 Å². The summed E-state index contributed by atoms with van der Waals surface area (Å²) in [5.74, 6) is 0.241. The monoisotopic (exact) mass is 415 g/mol. The molecule has 4 heterocycles. The van der Waals surface area contributed by atoms with Crippen LogP contribution in [0, 0.1) is 10.1 Å². The van der Waals surface area contributed by atoms with Crippen LogP contribution in [0.2, 0.25) is 0 Å². The van der Waals surface area contributed by atoms with Gasteiger partial charge >= 0.3 is 5.82 Å². The van der Waals surface area contributed by atoms with Crippen LogP contribution in [0.25, 0.3) is 4.96 Å². The van der Waals surface area contributed by atoms with Crippen LogP contribution in [-0.2, 0) is 10.2 Å². The first-order chi connectivity index (χ1) is 12.9. The van der Waals surface area contributed by atoms with Gasteiger partial charge in [-0.05, 0) is 12.0 Å². The first-order valence-electron chi connectivity index (χ1n) is 8.66. The lowest BCUT2D eigenvalue weighted by molar-refractivity contribution is -0.389. The number of imidazole rings is 1. The number of hydrogen-bond acceptors (Lipinski definition) is 8. The maximum atomic E-state index is 12.9. The van der Waals surface area contributed by atoms with Crippen LogP contribution in [0.4, 0.5) is 11.6 Å². The number of piperazine rings is 2. The molecule has 0 N–H and O–H groups in total. The van der Waals surface area contributed by atoms with E-state index in [2.05, 4.69) is 9.88 Å². The Bertz CT molecular complexity index is 940. The number of rotatable bonds is 4. The average Bonchev–Trinajstić information content (AvgIpc) is 3.23. The summed E-state index contributed by atoms with van der Waals surface area (Å²) in [6.07, 6.45) is 1.63. The first kappa shape index (κ1) is 18.6. The van der Waals surface area contributed by atoms with Crippen LogP contribution >= 0.6 is 11.3 Å². The van der Waals surface area contributed by atoms with Gasteiger partial charge in [0.15, 0.2) is 0 Å². The van der Waals surface area contributed by atoms with Crippen LogP contribution < -0.4 is 4.90 Å². The van der Waals surface area contributed by atoms with Crippen molar-refractivity contribution in [3.63, 3.8) is 0 Å². The Morgan fingerprint density at radius 1 is 1.07 bits per heavy atom. The molecule has 0 aliphatic carbocycles. The van der Waals surface area contributed by atoms with E-state index >= 15 is 0 Å². The van der Waals surface area contributed by atoms with Gasteiger partial charge in [-0.3, -0.25) is 0 Å². The average molecular weight is 416 g/mol. The zero-order valence-electron chi connectivity index (χ0n) is 14.9. The Morgan fingerprint density at radius 3 is 2.26 bits per heavy atom. The Labute approximate surface area is 160 Å². The Morgan fingerprint density at radius 2 is 1.67 bits per heavy atom. The number of nitrogens with zero attached hydrogens (tertiary/aromatic N) is 7. The van der Waals surface area contributed by atoms with Gasteiger partial charge in [-0.25, -0.2) is 0 Å². The number of likely N-dealkylation sites (N-methyl/N-ethyl adjacent to an activating group) is 1. The molecular formula is C14H21N7O4S2. The molecule has 2 saturated heterocycles. The summed E-state index contributed by atoms with van der Waals surface area (Å²) in [4.78, 5) is 19.9. The van der Waals surface area contributed by atoms with Gasteiger partial charge in [0.05, 0.1) is 0 Å². The normalized spacial score (nSPS) is 21.1. The van der Waals surface area contributed by atoms with Crippen LogP contribution in [0.15, 0.2) is 11.6 Å². The van der Waals surface area contributed by atoms with Crippen molar-refractivity contribution >= 4 is 38.1 Å². The lowest BCUT2D eigenvalue weighted by atomic mass is 10.3. The third-order valence-electron chi connectivity index (χ3n) is 5.05. The van der Waals surface area contributed by atoms with Crippen molar-refractivity contribution in [3.05, 3.63) is 21.7 Å². The molecule has 148 valence electrons. The molecule has 2 aliphatic rings. The number of anilines is 1. The van der Waals surface area contributed by atoms with Crippen molar-refractivity contribution in [1.29, 1.82) is 0 Å². The quantitative estimate of drug-likeness (QED) is 0.508. The predicted octanol–water partition coefficient (Wildman–Crippen LogP) is -0.0818. The van der Waals surface area contributed by atoms with Crippen LogP contribution in [0.5, 0.6) is 0 Å². The van der Waals surface area contributed by atoms with E-state index in [4.69, 9.17) is 0 Å². The SMILES string of the molecule is CN1CCN(S(=O)(=O)N2CCN(c3nc4sccn4c3[N+](=O)[O-])CC2)CC1. The van der Waals surface area contributed by atoms with Gasteiger partial charge in [0.2, 0.25) is 5.82 Å². The molecule has 0 unspecified atom stereocenters. The summed E-state index contributed by atoms with van der Waals surface area (Å²) in [6.45, 7) is 3.74. The van der Waals surface area contributed by atoms with Crippen molar-refractivity contribution in [3.8, 4) is 0 Å². The van der Waals surface area contributed by atoms with Crippen molar-refractivity contribution in [2.45, 2.75) is 0 Å². The number of nitro groups is 1. The lowest BCUT2D eigenvalue weighted by Crippen LogP contribution is -2.56. The molecule has 2 aliphatic heterocycles. The van der Waals surface area contributed by atoms with E-state index in [0.717, 1.165) is 13.1 Å². The fraction of sp³-hybridized carbons (Fsp3) is 0.643. The van der Waals surface area contributed by atoms with Crippen LogP contribution in [0.1, 0.15) is 0 Å². The highest BCUT2D eigenvalue weighted by molar-refractivity contribution is 7.86. The van der Waals surface area contributed by atoms with Crippen molar-refractivity contribution in [2.75, 3.05) is 64.3 Å². The van der Waals surface area contributed by atoms with E-state index < -0.39 is 15.1 Å². The molecule has 0 saturated carbocycles. The second-order valence-electron chi connectivity index (χ2n) is 6.67. The van der Waals surface area contributed by atoms with Gasteiger partial charge in [-0.2, -0.15) is 26.4 Å². The zero-order chi connectivity index (χ0) is 19.2. The summed E-state index contributed by atoms with van der Waals surface area (Å²) in [7, 11) is -1.52. The second-order valence-corrected chi connectivity index (χ2v) is 9.47. The molecule has 0 atom stereocenters. The van der Waals surface area contributed by atoms with Crippen molar-refractivity contribution in [1.82, 2.24) is 22.9 Å². The van der Waals surface area contributed by atoms with Crippen molar-refractivity contribution < 1.29 is 13.3 Å². The van der Waals surface area contributed by atoms with E-state index in [1.54, 1.807) is 16.5 Å². The molecule has 0 radical (unpaired) electrons. The highest BCUT2D eigenvalue weighted by Crippen LogP contribution is 2.32. The number of aromatic nitrogens is 2. The maximum absolute atomic E-state index is 12.9. The second kappa shape index (κ2) is 6.98. The fourth-order valence-corrected chi connectivity index (χ4v) is 5.74. The van der Waals surface area contributed by atoms with E-state index in [9.17, 15) is 18.5 Å². The molecule has 0 amide bonds. The Hall–Kier alpha value is -1.80. The summed E-state index contributed by atoms with van der Waals surface area (Å²) in [6, 6.07) is 0. The summed E-state index contributed by atoms with van der Waals surface area (Å²) >= 11 is 1.33. The number of hydrogen-bond donors (Lipinski definition) is 0. The highest BCUT2D eigenvalue weighted by Gasteiger charge is 2.36. The predicted molar refractivity (Wildman–Crippen MR) is 101 cm³/mol. The Kier molecular flexibility index (Phi) is 4.80.